The number of benzene rings is 2. The van der Waals surface area contributed by atoms with Gasteiger partial charge in [0.25, 0.3) is 5.52 Å². The van der Waals surface area contributed by atoms with E-state index in [1.54, 1.807) is 47.0 Å². The van der Waals surface area contributed by atoms with E-state index in [9.17, 15) is 15.2 Å². The first-order valence-corrected chi connectivity index (χ1v) is 7.91. The van der Waals surface area contributed by atoms with Crippen molar-refractivity contribution in [3.63, 3.8) is 0 Å². The number of aromatic nitrogens is 2. The van der Waals surface area contributed by atoms with E-state index < -0.39 is 0 Å². The maximum absolute atomic E-state index is 12.8. The molecule has 0 aliphatic carbocycles. The van der Waals surface area contributed by atoms with Crippen LogP contribution in [0.25, 0.3) is 22.1 Å². The van der Waals surface area contributed by atoms with Crippen LogP contribution >= 0.6 is 0 Å². The molecule has 1 aliphatic rings. The van der Waals surface area contributed by atoms with Crippen molar-refractivity contribution in [2.24, 2.45) is 0 Å². The Bertz CT molecular complexity index is 1050. The summed E-state index contributed by atoms with van der Waals surface area (Å²) in [6.07, 6.45) is -0.298. The monoisotopic (exact) mass is 343 g/mol. The van der Waals surface area contributed by atoms with Gasteiger partial charge in [0.05, 0.1) is 4.43 Å². The van der Waals surface area contributed by atoms with Crippen LogP contribution in [0.1, 0.15) is 0 Å². The van der Waals surface area contributed by atoms with Gasteiger partial charge in [0.2, 0.25) is 5.75 Å². The largest absolute Gasteiger partial charge is 0.552 e. The number of para-hydroxylation sites is 3. The third kappa shape index (κ3) is 2.56. The average molecular weight is 343 g/mol. The van der Waals surface area contributed by atoms with Crippen molar-refractivity contribution in [3.8, 4) is 5.75 Å². The molecular formula is C17H17N3O5+2. The van der Waals surface area contributed by atoms with Gasteiger partial charge in [0, 0.05) is 11.0 Å². The van der Waals surface area contributed by atoms with E-state index in [0.29, 0.717) is 41.8 Å². The highest BCUT2D eigenvalue weighted by Gasteiger charge is 2.26. The molecule has 25 heavy (non-hydrogen) atoms. The van der Waals surface area contributed by atoms with Crippen molar-refractivity contribution < 1.29 is 28.8 Å². The molecule has 1 fully saturated rings. The smallest absolute Gasteiger partial charge is 0.430 e. The number of aliphatic hydroxyl groups is 1. The highest BCUT2D eigenvalue weighted by molar-refractivity contribution is 5.86. The second-order valence-corrected chi connectivity index (χ2v) is 5.70. The van der Waals surface area contributed by atoms with Crippen LogP contribution in [0.4, 0.5) is 0 Å². The number of ether oxygens (including phenoxy) is 2. The molecule has 0 atom stereocenters. The molecule has 2 N–H and O–H groups in total. The first kappa shape index (κ1) is 15.4. The molecule has 0 spiro atoms. The molecule has 3 aromatic rings. The molecule has 8 heteroatoms. The SMILES string of the molecule is O=[n+]1c2ccccc2n(O)c2cccc(OC(O)=[N+]3CCOCC3)c21. The fourth-order valence-electron chi connectivity index (χ4n) is 2.95. The number of hydrogen-bond acceptors (Lipinski definition) is 4. The fourth-order valence-corrected chi connectivity index (χ4v) is 2.95. The molecule has 1 aromatic heterocycles. The Hall–Kier alpha value is -3.13. The minimum absolute atomic E-state index is 0.128. The van der Waals surface area contributed by atoms with Crippen LogP contribution in [0.2, 0.25) is 0 Å². The molecule has 0 saturated carbocycles. The number of aliphatic hydroxyl groups excluding tert-OH is 1. The Kier molecular flexibility index (Phi) is 3.73. The fraction of sp³-hybridized carbons (Fsp3) is 0.235. The molecule has 0 unspecified atom stereocenters. The summed E-state index contributed by atoms with van der Waals surface area (Å²) in [5, 5.41) is 20.7. The van der Waals surface area contributed by atoms with Crippen LogP contribution in [0.15, 0.2) is 42.5 Å². The van der Waals surface area contributed by atoms with Gasteiger partial charge in [-0.25, -0.2) is 0 Å². The predicted molar refractivity (Wildman–Crippen MR) is 89.1 cm³/mol. The molecule has 4 rings (SSSR count). The maximum Gasteiger partial charge on any atom is 0.552 e. The summed E-state index contributed by atoms with van der Waals surface area (Å²) in [7, 11) is 0. The van der Waals surface area contributed by atoms with Crippen molar-refractivity contribution in [2.45, 2.75) is 0 Å². The third-order valence-electron chi connectivity index (χ3n) is 4.22. The molecule has 1 saturated heterocycles. The number of rotatable bonds is 1. The minimum Gasteiger partial charge on any atom is -0.430 e. The summed E-state index contributed by atoms with van der Waals surface area (Å²) >= 11 is 0. The molecule has 2 heterocycles. The summed E-state index contributed by atoms with van der Waals surface area (Å²) in [4.78, 5) is 12.8. The van der Waals surface area contributed by atoms with Gasteiger partial charge in [-0.05, 0) is 18.2 Å². The lowest BCUT2D eigenvalue weighted by Gasteiger charge is -2.11. The van der Waals surface area contributed by atoms with Crippen LogP contribution in [-0.4, -0.2) is 52.0 Å². The topological polar surface area (TPSA) is 89.8 Å². The van der Waals surface area contributed by atoms with Crippen molar-refractivity contribution in [1.82, 2.24) is 4.73 Å². The van der Waals surface area contributed by atoms with E-state index in [4.69, 9.17) is 9.47 Å². The van der Waals surface area contributed by atoms with Gasteiger partial charge in [0.1, 0.15) is 13.2 Å². The second-order valence-electron chi connectivity index (χ2n) is 5.70. The quantitative estimate of drug-likeness (QED) is 0.301. The molecule has 128 valence electrons. The van der Waals surface area contributed by atoms with Gasteiger partial charge in [-0.15, -0.1) is 0 Å². The van der Waals surface area contributed by atoms with Crippen molar-refractivity contribution in [2.75, 3.05) is 26.3 Å². The Morgan fingerprint density at radius 3 is 2.60 bits per heavy atom. The van der Waals surface area contributed by atoms with Gasteiger partial charge in [-0.3, -0.25) is 0 Å². The van der Waals surface area contributed by atoms with E-state index in [-0.39, 0.29) is 22.9 Å². The Balaban J connectivity index is 1.92. The first-order valence-electron chi connectivity index (χ1n) is 7.91. The average Bonchev–Trinajstić information content (AvgIpc) is 2.66. The number of morpholine rings is 1. The van der Waals surface area contributed by atoms with E-state index in [1.165, 1.54) is 0 Å². The van der Waals surface area contributed by atoms with Gasteiger partial charge in [-0.2, -0.15) is 9.31 Å². The van der Waals surface area contributed by atoms with Crippen molar-refractivity contribution >= 4 is 28.2 Å². The highest BCUT2D eigenvalue weighted by atomic mass is 16.6. The molecule has 1 aliphatic heterocycles. The molecule has 2 aromatic carbocycles. The zero-order valence-electron chi connectivity index (χ0n) is 13.3. The lowest BCUT2D eigenvalue weighted by Crippen LogP contribution is -2.35. The summed E-state index contributed by atoms with van der Waals surface area (Å²) in [5.74, 6) is 0.157. The lowest BCUT2D eigenvalue weighted by molar-refractivity contribution is -0.563. The third-order valence-corrected chi connectivity index (χ3v) is 4.22. The molecule has 0 radical (unpaired) electrons. The van der Waals surface area contributed by atoms with E-state index in [0.717, 1.165) is 4.73 Å². The Morgan fingerprint density at radius 1 is 1.08 bits per heavy atom. The highest BCUT2D eigenvalue weighted by Crippen LogP contribution is 2.24. The standard InChI is InChI=1S/C17H16N3O5/c21-17(18-8-10-24-11-9-18)25-15-7-3-6-14-16(15)20(23)13-5-2-1-4-12(13)19(14)22/h1-7,22H,8-11H2/q+1/p+1. The predicted octanol–water partition coefficient (Wildman–Crippen LogP) is 1.28. The van der Waals surface area contributed by atoms with Gasteiger partial charge >= 0.3 is 11.6 Å². The molecule has 0 amide bonds. The first-order chi connectivity index (χ1) is 12.2. The normalized spacial score (nSPS) is 14.8. The maximum atomic E-state index is 12.8. The number of fused-ring (bicyclic) bond motifs is 2. The van der Waals surface area contributed by atoms with Crippen molar-refractivity contribution in [3.05, 3.63) is 47.4 Å². The zero-order chi connectivity index (χ0) is 17.4. The molecule has 8 nitrogen and oxygen atoms in total. The van der Waals surface area contributed by atoms with E-state index >= 15 is 0 Å². The van der Waals surface area contributed by atoms with Crippen LogP contribution < -0.4 is 9.16 Å². The van der Waals surface area contributed by atoms with Gasteiger partial charge < -0.3 is 19.8 Å². The molecule has 0 bridgehead atoms. The number of nitrogens with zero attached hydrogens (tertiary/aromatic N) is 3. The summed E-state index contributed by atoms with van der Waals surface area (Å²) < 4.78 is 14.1. The van der Waals surface area contributed by atoms with E-state index in [2.05, 4.69) is 0 Å². The number of hydrogen-bond donors (Lipinski definition) is 2. The second kappa shape index (κ2) is 6.06. The summed E-state index contributed by atoms with van der Waals surface area (Å²) in [6, 6.07) is 11.5. The minimum atomic E-state index is -0.298. The summed E-state index contributed by atoms with van der Waals surface area (Å²) in [5.41, 5.74) is 1.08. The zero-order valence-corrected chi connectivity index (χ0v) is 13.3. The van der Waals surface area contributed by atoms with E-state index in [1.807, 2.05) is 0 Å². The molecular weight excluding hydrogens is 326 g/mol. The Labute approximate surface area is 141 Å². The van der Waals surface area contributed by atoms with Crippen LogP contribution in [0.5, 0.6) is 5.75 Å². The Morgan fingerprint density at radius 2 is 1.80 bits per heavy atom. The van der Waals surface area contributed by atoms with Crippen LogP contribution in [0.3, 0.4) is 0 Å². The van der Waals surface area contributed by atoms with Gasteiger partial charge in [0.15, 0.2) is 24.1 Å². The van der Waals surface area contributed by atoms with Crippen molar-refractivity contribution in [1.29, 1.82) is 0 Å². The van der Waals surface area contributed by atoms with Crippen LogP contribution in [-0.2, 0) is 4.74 Å². The van der Waals surface area contributed by atoms with Crippen LogP contribution in [0, 0.1) is 4.91 Å². The lowest BCUT2D eigenvalue weighted by atomic mass is 10.2. The summed E-state index contributed by atoms with van der Waals surface area (Å²) in [6.45, 7) is 1.98. The van der Waals surface area contributed by atoms with Gasteiger partial charge in [-0.1, -0.05) is 18.2 Å².